The summed E-state index contributed by atoms with van der Waals surface area (Å²) in [5.41, 5.74) is 0.706. The molecule has 0 amide bonds. The zero-order chi connectivity index (χ0) is 12.4. The van der Waals surface area contributed by atoms with Crippen LogP contribution < -0.4 is 4.74 Å². The lowest BCUT2D eigenvalue weighted by Gasteiger charge is -2.12. The van der Waals surface area contributed by atoms with Crippen molar-refractivity contribution in [2.24, 2.45) is 0 Å². The van der Waals surface area contributed by atoms with Gasteiger partial charge >= 0.3 is 0 Å². The van der Waals surface area contributed by atoms with Gasteiger partial charge in [0.1, 0.15) is 16.7 Å². The molecule has 0 aliphatic rings. The molecule has 1 unspecified atom stereocenters. The van der Waals surface area contributed by atoms with Crippen molar-refractivity contribution in [2.45, 2.75) is 10.9 Å². The Morgan fingerprint density at radius 3 is 2.35 bits per heavy atom. The monoisotopic (exact) mass is 270 g/mol. The van der Waals surface area contributed by atoms with E-state index in [0.29, 0.717) is 5.56 Å². The van der Waals surface area contributed by atoms with Gasteiger partial charge < -0.3 is 9.84 Å². The Hall–Kier alpha value is -0.960. The van der Waals surface area contributed by atoms with Gasteiger partial charge in [-0.15, -0.1) is 23.2 Å². The van der Waals surface area contributed by atoms with Gasteiger partial charge in [0.05, 0.1) is 7.11 Å². The quantitative estimate of drug-likeness (QED) is 0.863. The molecular formula is C13H12Cl2O2. The van der Waals surface area contributed by atoms with Crippen molar-refractivity contribution in [3.8, 4) is 5.75 Å². The number of aliphatic hydroxyl groups excluding tert-OH is 1. The topological polar surface area (TPSA) is 29.5 Å². The molecule has 0 aliphatic heterocycles. The van der Waals surface area contributed by atoms with Crippen molar-refractivity contribution >= 4 is 34.0 Å². The lowest BCUT2D eigenvalue weighted by atomic mass is 10.0. The minimum absolute atomic E-state index is 0.706. The molecule has 0 aliphatic carbocycles. The highest BCUT2D eigenvalue weighted by atomic mass is 35.5. The smallest absolute Gasteiger partial charge is 0.137 e. The number of benzene rings is 2. The molecule has 2 aromatic carbocycles. The Morgan fingerprint density at radius 1 is 1.06 bits per heavy atom. The third-order valence-electron chi connectivity index (χ3n) is 2.65. The van der Waals surface area contributed by atoms with Crippen LogP contribution in [0.5, 0.6) is 5.75 Å². The minimum atomic E-state index is -0.871. The summed E-state index contributed by atoms with van der Waals surface area (Å²) in [4.78, 5) is -0.828. The van der Waals surface area contributed by atoms with E-state index in [9.17, 15) is 5.11 Å². The number of halogens is 2. The van der Waals surface area contributed by atoms with Crippen LogP contribution in [0.15, 0.2) is 36.4 Å². The van der Waals surface area contributed by atoms with Gasteiger partial charge in [0.2, 0.25) is 0 Å². The molecule has 2 rings (SSSR count). The van der Waals surface area contributed by atoms with E-state index in [-0.39, 0.29) is 0 Å². The summed E-state index contributed by atoms with van der Waals surface area (Å²) in [6, 6.07) is 11.3. The van der Waals surface area contributed by atoms with Crippen LogP contribution in [-0.4, -0.2) is 17.1 Å². The molecule has 0 heterocycles. The van der Waals surface area contributed by atoms with Crippen LogP contribution >= 0.6 is 23.2 Å². The molecule has 2 nitrogen and oxygen atoms in total. The van der Waals surface area contributed by atoms with Gasteiger partial charge in [-0.05, 0) is 34.5 Å². The van der Waals surface area contributed by atoms with Crippen LogP contribution in [-0.2, 0) is 0 Å². The number of hydrogen-bond acceptors (Lipinski definition) is 2. The van der Waals surface area contributed by atoms with Crippen molar-refractivity contribution in [1.82, 2.24) is 0 Å². The molecule has 1 atom stereocenters. The zero-order valence-electron chi connectivity index (χ0n) is 9.23. The molecule has 4 heteroatoms. The van der Waals surface area contributed by atoms with E-state index in [2.05, 4.69) is 0 Å². The van der Waals surface area contributed by atoms with Gasteiger partial charge in [0.25, 0.3) is 0 Å². The fourth-order valence-corrected chi connectivity index (χ4v) is 1.99. The summed E-state index contributed by atoms with van der Waals surface area (Å²) in [6.07, 6.45) is -0.871. The Kier molecular flexibility index (Phi) is 3.77. The first kappa shape index (κ1) is 12.5. The fourth-order valence-electron chi connectivity index (χ4n) is 1.70. The Morgan fingerprint density at radius 2 is 1.71 bits per heavy atom. The maximum atomic E-state index is 9.77. The van der Waals surface area contributed by atoms with Crippen molar-refractivity contribution < 1.29 is 9.84 Å². The number of alkyl halides is 2. The first-order chi connectivity index (χ1) is 8.11. The maximum absolute atomic E-state index is 9.77. The number of hydrogen-bond donors (Lipinski definition) is 1. The third kappa shape index (κ3) is 2.65. The molecule has 17 heavy (non-hydrogen) atoms. The van der Waals surface area contributed by atoms with Crippen LogP contribution in [0, 0.1) is 0 Å². The molecular weight excluding hydrogens is 259 g/mol. The lowest BCUT2D eigenvalue weighted by molar-refractivity contribution is 0.193. The average Bonchev–Trinajstić information content (AvgIpc) is 2.36. The van der Waals surface area contributed by atoms with Crippen LogP contribution in [0.1, 0.15) is 11.7 Å². The maximum Gasteiger partial charge on any atom is 0.137 e. The number of ether oxygens (including phenoxy) is 1. The first-order valence-corrected chi connectivity index (χ1v) is 6.03. The molecule has 2 aromatic rings. The van der Waals surface area contributed by atoms with E-state index in [1.165, 1.54) is 0 Å². The Bertz CT molecular complexity index is 526. The van der Waals surface area contributed by atoms with E-state index in [1.54, 1.807) is 7.11 Å². The Balaban J connectivity index is 2.44. The van der Waals surface area contributed by atoms with Gasteiger partial charge in [0.15, 0.2) is 0 Å². The minimum Gasteiger partial charge on any atom is -0.497 e. The molecule has 0 spiro atoms. The van der Waals surface area contributed by atoms with Crippen LogP contribution in [0.25, 0.3) is 10.8 Å². The van der Waals surface area contributed by atoms with Gasteiger partial charge in [-0.1, -0.05) is 18.2 Å². The second kappa shape index (κ2) is 5.13. The fraction of sp³-hybridized carbons (Fsp3) is 0.231. The van der Waals surface area contributed by atoms with Crippen molar-refractivity contribution in [3.05, 3.63) is 42.0 Å². The van der Waals surface area contributed by atoms with Gasteiger partial charge in [-0.2, -0.15) is 0 Å². The predicted molar refractivity (Wildman–Crippen MR) is 71.0 cm³/mol. The first-order valence-electron chi connectivity index (χ1n) is 5.16. The predicted octanol–water partition coefficient (Wildman–Crippen LogP) is 3.69. The summed E-state index contributed by atoms with van der Waals surface area (Å²) in [5, 5.41) is 11.8. The highest BCUT2D eigenvalue weighted by Crippen LogP contribution is 2.28. The van der Waals surface area contributed by atoms with E-state index in [0.717, 1.165) is 16.5 Å². The lowest BCUT2D eigenvalue weighted by Crippen LogP contribution is -2.05. The normalized spacial score (nSPS) is 13.0. The summed E-state index contributed by atoms with van der Waals surface area (Å²) in [6.45, 7) is 0. The molecule has 0 aromatic heterocycles. The summed E-state index contributed by atoms with van der Waals surface area (Å²) >= 11 is 11.3. The third-order valence-corrected chi connectivity index (χ3v) is 3.13. The van der Waals surface area contributed by atoms with Gasteiger partial charge in [-0.3, -0.25) is 0 Å². The van der Waals surface area contributed by atoms with E-state index < -0.39 is 10.9 Å². The van der Waals surface area contributed by atoms with E-state index in [1.807, 2.05) is 36.4 Å². The molecule has 0 bridgehead atoms. The van der Waals surface area contributed by atoms with Crippen molar-refractivity contribution in [2.75, 3.05) is 7.11 Å². The highest BCUT2D eigenvalue weighted by molar-refractivity contribution is 6.44. The largest absolute Gasteiger partial charge is 0.497 e. The molecule has 0 radical (unpaired) electrons. The summed E-state index contributed by atoms with van der Waals surface area (Å²) in [5.74, 6) is 0.804. The van der Waals surface area contributed by atoms with E-state index in [4.69, 9.17) is 27.9 Å². The molecule has 0 saturated heterocycles. The number of rotatable bonds is 3. The van der Waals surface area contributed by atoms with Crippen molar-refractivity contribution in [3.63, 3.8) is 0 Å². The van der Waals surface area contributed by atoms with Gasteiger partial charge in [-0.25, -0.2) is 0 Å². The molecule has 0 fully saturated rings. The molecule has 1 N–H and O–H groups in total. The number of fused-ring (bicyclic) bond motifs is 1. The summed E-state index contributed by atoms with van der Waals surface area (Å²) in [7, 11) is 1.63. The molecule has 0 saturated carbocycles. The molecule has 90 valence electrons. The van der Waals surface area contributed by atoms with Crippen LogP contribution in [0.4, 0.5) is 0 Å². The second-order valence-electron chi connectivity index (χ2n) is 3.75. The highest BCUT2D eigenvalue weighted by Gasteiger charge is 2.15. The summed E-state index contributed by atoms with van der Waals surface area (Å²) < 4.78 is 5.15. The Labute approximate surface area is 110 Å². The number of aliphatic hydroxyl groups is 1. The zero-order valence-corrected chi connectivity index (χ0v) is 10.7. The average molecular weight is 271 g/mol. The van der Waals surface area contributed by atoms with Crippen LogP contribution in [0.3, 0.4) is 0 Å². The van der Waals surface area contributed by atoms with Crippen LogP contribution in [0.2, 0.25) is 0 Å². The van der Waals surface area contributed by atoms with Gasteiger partial charge in [0, 0.05) is 0 Å². The number of methoxy groups -OCH3 is 1. The second-order valence-corrected chi connectivity index (χ2v) is 4.92. The van der Waals surface area contributed by atoms with E-state index >= 15 is 0 Å². The SMILES string of the molecule is COc1ccc2cc(C(O)C(Cl)Cl)ccc2c1. The standard InChI is InChI=1S/C13H12Cl2O2/c1-17-11-5-4-8-6-10(12(16)13(14)15)3-2-9(8)7-11/h2-7,12-13,16H,1H3. The van der Waals surface area contributed by atoms with Crippen molar-refractivity contribution in [1.29, 1.82) is 0 Å².